The minimum atomic E-state index is -0.255. The van der Waals surface area contributed by atoms with Crippen LogP contribution in [0.2, 0.25) is 5.02 Å². The van der Waals surface area contributed by atoms with Crippen LogP contribution in [-0.2, 0) is 0 Å². The first-order chi connectivity index (χ1) is 14.1. The van der Waals surface area contributed by atoms with Crippen molar-refractivity contribution in [2.24, 2.45) is 0 Å². The van der Waals surface area contributed by atoms with Crippen LogP contribution in [0.4, 0.5) is 0 Å². The van der Waals surface area contributed by atoms with Crippen LogP contribution in [0.5, 0.6) is 23.0 Å². The van der Waals surface area contributed by atoms with Crippen LogP contribution in [0.25, 0.3) is 0 Å². The van der Waals surface area contributed by atoms with Gasteiger partial charge in [-0.2, -0.15) is 0 Å². The molecule has 0 fully saturated rings. The molecule has 0 saturated carbocycles. The van der Waals surface area contributed by atoms with Gasteiger partial charge in [0.2, 0.25) is 0 Å². The van der Waals surface area contributed by atoms with Crippen molar-refractivity contribution in [2.45, 2.75) is 6.92 Å². The van der Waals surface area contributed by atoms with Gasteiger partial charge in [-0.25, -0.2) is 0 Å². The Bertz CT molecular complexity index is 969. The second kappa shape index (κ2) is 9.33. The highest BCUT2D eigenvalue weighted by Crippen LogP contribution is 2.23. The van der Waals surface area contributed by atoms with Crippen molar-refractivity contribution in [2.75, 3.05) is 0 Å². The van der Waals surface area contributed by atoms with Gasteiger partial charge >= 0.3 is 21.2 Å². The molecule has 0 spiro atoms. The summed E-state index contributed by atoms with van der Waals surface area (Å²) >= 11 is 5.65. The molecule has 0 aliphatic rings. The van der Waals surface area contributed by atoms with Crippen molar-refractivity contribution in [1.29, 1.82) is 0 Å². The Morgan fingerprint density at radius 1 is 0.517 bits per heavy atom. The maximum Gasteiger partial charge on any atom is 0.357 e. The monoisotopic (exact) mass is 513 g/mol. The number of hydrogen-bond acceptors (Lipinski definition) is 2. The van der Waals surface area contributed by atoms with E-state index < -0.39 is 0 Å². The van der Waals surface area contributed by atoms with Crippen molar-refractivity contribution in [3.05, 3.63) is 115 Å². The lowest BCUT2D eigenvalue weighted by molar-refractivity contribution is -0.597. The number of hydrogen-bond donors (Lipinski definition) is 0. The summed E-state index contributed by atoms with van der Waals surface area (Å²) in [5.41, 5.74) is 1.22. The van der Waals surface area contributed by atoms with Gasteiger partial charge < -0.3 is 9.47 Å². The van der Waals surface area contributed by atoms with E-state index in [9.17, 15) is 0 Å². The second-order valence-electron chi connectivity index (χ2n) is 6.47. The van der Waals surface area contributed by atoms with Crippen LogP contribution in [0, 0.1) is 14.1 Å². The molecule has 0 saturated heterocycles. The number of rotatable bonds is 6. The molecule has 0 heterocycles. The van der Waals surface area contributed by atoms with E-state index in [-0.39, 0.29) is 21.2 Å². The van der Waals surface area contributed by atoms with Crippen molar-refractivity contribution < 1.29 is 30.7 Å². The standard InChI is InChI=1S/C25H19ClIO2/c1-18-2-10-22(11-3-18)28-24-14-6-20(7-15-24)27-21-8-16-25(17-9-21)29-23-12-4-19(26)5-13-23/h2-17H,1H3/q+1. The molecule has 0 aliphatic heterocycles. The van der Waals surface area contributed by atoms with E-state index in [0.29, 0.717) is 5.02 Å². The third-order valence-electron chi connectivity index (χ3n) is 4.15. The predicted molar refractivity (Wildman–Crippen MR) is 113 cm³/mol. The van der Waals surface area contributed by atoms with Gasteiger partial charge in [0.1, 0.15) is 23.0 Å². The van der Waals surface area contributed by atoms with Crippen molar-refractivity contribution in [3.63, 3.8) is 0 Å². The van der Waals surface area contributed by atoms with Gasteiger partial charge in [0, 0.05) is 5.02 Å². The first-order valence-electron chi connectivity index (χ1n) is 9.17. The number of benzene rings is 4. The van der Waals surface area contributed by atoms with Crippen molar-refractivity contribution >= 4 is 11.6 Å². The lowest BCUT2D eigenvalue weighted by atomic mass is 10.2. The Labute approximate surface area is 186 Å². The number of aryl methyl sites for hydroxylation is 1. The maximum absolute atomic E-state index is 5.91. The summed E-state index contributed by atoms with van der Waals surface area (Å²) in [5.74, 6) is 3.31. The SMILES string of the molecule is Cc1ccc(Oc2ccc([I+]c3ccc(Oc4ccc(Cl)cc4)cc3)cc2)cc1. The van der Waals surface area contributed by atoms with Gasteiger partial charge in [0.25, 0.3) is 0 Å². The Morgan fingerprint density at radius 3 is 1.28 bits per heavy atom. The maximum atomic E-state index is 5.91. The van der Waals surface area contributed by atoms with Crippen molar-refractivity contribution in [3.8, 4) is 23.0 Å². The topological polar surface area (TPSA) is 18.5 Å². The molecule has 0 atom stereocenters. The third kappa shape index (κ3) is 5.75. The first-order valence-corrected chi connectivity index (χ1v) is 11.7. The Kier molecular flexibility index (Phi) is 6.37. The summed E-state index contributed by atoms with van der Waals surface area (Å²) in [6.45, 7) is 2.07. The second-order valence-corrected chi connectivity index (χ2v) is 9.94. The summed E-state index contributed by atoms with van der Waals surface area (Å²) in [4.78, 5) is 0. The van der Waals surface area contributed by atoms with Gasteiger partial charge in [-0.3, -0.25) is 0 Å². The Hall–Kier alpha value is -2.50. The Morgan fingerprint density at radius 2 is 0.862 bits per heavy atom. The lowest BCUT2D eigenvalue weighted by Gasteiger charge is -2.05. The van der Waals surface area contributed by atoms with Crippen LogP contribution < -0.4 is 30.7 Å². The molecule has 4 aromatic rings. The first kappa shape index (κ1) is 19.8. The molecule has 4 aromatic carbocycles. The Balaban J connectivity index is 1.36. The van der Waals surface area contributed by atoms with Crippen LogP contribution in [0.1, 0.15) is 5.56 Å². The molecular formula is C25H19ClIO2+. The number of halogens is 2. The quantitative estimate of drug-likeness (QED) is 0.357. The van der Waals surface area contributed by atoms with E-state index in [1.165, 1.54) is 12.7 Å². The van der Waals surface area contributed by atoms with Gasteiger partial charge in [-0.15, -0.1) is 0 Å². The van der Waals surface area contributed by atoms with Crippen molar-refractivity contribution in [1.82, 2.24) is 0 Å². The van der Waals surface area contributed by atoms with E-state index in [0.717, 1.165) is 23.0 Å². The van der Waals surface area contributed by atoms with E-state index in [1.54, 1.807) is 0 Å². The van der Waals surface area contributed by atoms with E-state index in [2.05, 4.69) is 43.3 Å². The van der Waals surface area contributed by atoms with Crippen LogP contribution >= 0.6 is 11.6 Å². The summed E-state index contributed by atoms with van der Waals surface area (Å²) < 4.78 is 14.4. The average Bonchev–Trinajstić information content (AvgIpc) is 2.74. The van der Waals surface area contributed by atoms with Gasteiger partial charge in [-0.05, 0) is 91.9 Å². The molecule has 0 aliphatic carbocycles. The fraction of sp³-hybridized carbons (Fsp3) is 0.0400. The minimum absolute atomic E-state index is 0.255. The van der Waals surface area contributed by atoms with Crippen LogP contribution in [0.15, 0.2) is 97.1 Å². The van der Waals surface area contributed by atoms with E-state index in [4.69, 9.17) is 21.1 Å². The minimum Gasteiger partial charge on any atom is -0.457 e. The normalized spacial score (nSPS) is 10.6. The van der Waals surface area contributed by atoms with Gasteiger partial charge in [-0.1, -0.05) is 29.3 Å². The highest BCUT2D eigenvalue weighted by molar-refractivity contribution is 6.30. The lowest BCUT2D eigenvalue weighted by Crippen LogP contribution is -3.61. The summed E-state index contributed by atoms with van der Waals surface area (Å²) in [6.07, 6.45) is 0. The summed E-state index contributed by atoms with van der Waals surface area (Å²) in [6, 6.07) is 32.1. The molecular weight excluding hydrogens is 495 g/mol. The molecule has 0 amide bonds. The molecule has 144 valence electrons. The molecule has 0 unspecified atom stereocenters. The predicted octanol–water partition coefficient (Wildman–Crippen LogP) is 4.36. The molecule has 0 bridgehead atoms. The molecule has 29 heavy (non-hydrogen) atoms. The average molecular weight is 514 g/mol. The van der Waals surface area contributed by atoms with Crippen LogP contribution in [0.3, 0.4) is 0 Å². The zero-order valence-electron chi connectivity index (χ0n) is 15.8. The summed E-state index contributed by atoms with van der Waals surface area (Å²) in [7, 11) is 0. The molecule has 0 N–H and O–H groups in total. The van der Waals surface area contributed by atoms with Gasteiger partial charge in [0.15, 0.2) is 7.14 Å². The zero-order valence-corrected chi connectivity index (χ0v) is 18.7. The number of ether oxygens (including phenoxy) is 2. The molecule has 4 heteroatoms. The largest absolute Gasteiger partial charge is 0.457 e. The summed E-state index contributed by atoms with van der Waals surface area (Å²) in [5, 5.41) is 0.702. The molecule has 4 rings (SSSR count). The third-order valence-corrected chi connectivity index (χ3v) is 7.09. The highest BCUT2D eigenvalue weighted by atomic mass is 127. The fourth-order valence-corrected chi connectivity index (χ4v) is 4.92. The molecule has 0 radical (unpaired) electrons. The molecule has 0 aromatic heterocycles. The van der Waals surface area contributed by atoms with E-state index in [1.807, 2.05) is 60.7 Å². The van der Waals surface area contributed by atoms with E-state index >= 15 is 0 Å². The molecule has 2 nitrogen and oxygen atoms in total. The smallest absolute Gasteiger partial charge is 0.357 e. The highest BCUT2D eigenvalue weighted by Gasteiger charge is 2.15. The van der Waals surface area contributed by atoms with Crippen LogP contribution in [-0.4, -0.2) is 0 Å². The zero-order chi connectivity index (χ0) is 20.1. The fourth-order valence-electron chi connectivity index (χ4n) is 2.64. The van der Waals surface area contributed by atoms with Gasteiger partial charge in [0.05, 0.1) is 0 Å².